The van der Waals surface area contributed by atoms with E-state index in [1.54, 1.807) is 48.8 Å². The van der Waals surface area contributed by atoms with Crippen molar-refractivity contribution in [1.29, 1.82) is 0 Å². The van der Waals surface area contributed by atoms with Crippen LogP contribution in [-0.4, -0.2) is 227 Å². The van der Waals surface area contributed by atoms with Crippen LogP contribution in [0.4, 0.5) is 4.39 Å². The van der Waals surface area contributed by atoms with Gasteiger partial charge in [-0.3, -0.25) is 72.1 Å². The highest BCUT2D eigenvalue weighted by molar-refractivity contribution is 7.91. The Morgan fingerprint density at radius 1 is 0.444 bits per heavy atom. The summed E-state index contributed by atoms with van der Waals surface area (Å²) in [4.78, 5) is 185. The number of aromatic nitrogens is 6. The molecule has 0 aromatic carbocycles. The number of rotatable bonds is 56. The number of amides is 6. The summed E-state index contributed by atoms with van der Waals surface area (Å²) in [6.07, 6.45) is 46.7. The zero-order valence-corrected chi connectivity index (χ0v) is 83.5. The molecule has 42 heteroatoms. The lowest BCUT2D eigenvalue weighted by Gasteiger charge is -2.23. The molecule has 40 nitrogen and oxygen atoms in total. The molecular formula is C100H153FN20O20S. The Hall–Kier alpha value is -11.6. The molecule has 6 atom stereocenters. The van der Waals surface area contributed by atoms with Gasteiger partial charge in [-0.2, -0.15) is 4.39 Å². The number of ketones is 6. The van der Waals surface area contributed by atoms with Crippen molar-refractivity contribution in [2.75, 3.05) is 71.0 Å². The summed E-state index contributed by atoms with van der Waals surface area (Å²) in [6.45, 7) is 8.33. The SMILES string of the molecule is C=C1C=CN(CC(=O)[C@H](CCCCN)NC(=O)C2CCCC2)C=N1.CS(=O)(=O)CC(=O)[C@H](CCCCN)NC(=O)C1CCCC1.Cc1nccn(CC(=O)[C@H](CCCCN)NC(=O)C2CCCC2)c1=O.NCCCC[C@H](NC(=O)C1CCCC1)C(=O)COc1ccon1.NCCCC[C@H](NC(=O)C1CCCC1)C(=O)Cn1ccccc1=O.NCCCC[C@H](NC(=O)c1cccnc1F)C(=O)COc1ccon1. The largest absolute Gasteiger partial charge is 0.467 e. The lowest BCUT2D eigenvalue weighted by molar-refractivity contribution is -0.131. The highest BCUT2D eigenvalue weighted by Gasteiger charge is 2.35. The molecule has 0 bridgehead atoms. The number of aryl methyl sites for hydroxylation is 1. The van der Waals surface area contributed by atoms with E-state index in [4.69, 9.17) is 43.9 Å². The quantitative estimate of drug-likeness (QED) is 0.0141. The first kappa shape index (κ1) is 119. The van der Waals surface area contributed by atoms with Gasteiger partial charge in [-0.15, -0.1) is 0 Å². The minimum absolute atomic E-state index is 0.00183. The molecule has 11 rings (SSSR count). The molecular weight excluding hydrogens is 1850 g/mol. The van der Waals surface area contributed by atoms with Crippen LogP contribution in [-0.2, 0) is 75.7 Å². The van der Waals surface area contributed by atoms with Gasteiger partial charge in [-0.1, -0.05) is 76.9 Å². The number of nitrogens with one attached hydrogen (secondary N) is 6. The van der Waals surface area contributed by atoms with Crippen molar-refractivity contribution < 1.29 is 88.9 Å². The second kappa shape index (κ2) is 67.8. The van der Waals surface area contributed by atoms with Gasteiger partial charge < -0.3 is 98.9 Å². The van der Waals surface area contributed by atoms with Crippen molar-refractivity contribution in [1.82, 2.24) is 66.2 Å². The maximum Gasteiger partial charge on any atom is 0.272 e. The number of nitrogens with two attached hydrogens (primary N) is 6. The number of Topliss-reactive ketones (excluding diaryl/α,β-unsaturated/α-hetero) is 6. The lowest BCUT2D eigenvalue weighted by atomic mass is 10.0. The third-order valence-corrected chi connectivity index (χ3v) is 26.1. The molecule has 6 aliphatic rings. The second-order valence-electron chi connectivity index (χ2n) is 36.7. The topological polar surface area (TPSA) is 623 Å². The lowest BCUT2D eigenvalue weighted by Crippen LogP contribution is -2.46. The Kier molecular flexibility index (Phi) is 56.9. The first-order chi connectivity index (χ1) is 68.4. The molecule has 6 amide bonds. The number of nitrogens with zero attached hydrogens (tertiary/aromatic N) is 8. The van der Waals surface area contributed by atoms with Crippen molar-refractivity contribution in [2.24, 2.45) is 69.0 Å². The van der Waals surface area contributed by atoms with Gasteiger partial charge >= 0.3 is 0 Å². The highest BCUT2D eigenvalue weighted by atomic mass is 32.2. The molecule has 0 unspecified atom stereocenters. The molecule has 18 N–H and O–H groups in total. The summed E-state index contributed by atoms with van der Waals surface area (Å²) in [7, 11) is -3.38. The molecule has 6 heterocycles. The monoisotopic (exact) mass is 2010 g/mol. The fourth-order valence-electron chi connectivity index (χ4n) is 17.0. The van der Waals surface area contributed by atoms with Crippen LogP contribution in [0.1, 0.15) is 260 Å². The molecule has 142 heavy (non-hydrogen) atoms. The van der Waals surface area contributed by atoms with Gasteiger partial charge in [0.15, 0.2) is 57.8 Å². The van der Waals surface area contributed by atoms with Crippen molar-refractivity contribution in [3.8, 4) is 11.8 Å². The molecule has 5 saturated carbocycles. The fraction of sp³-hybridized carbons (Fsp3) is 0.630. The van der Waals surface area contributed by atoms with Crippen LogP contribution in [0.5, 0.6) is 11.8 Å². The van der Waals surface area contributed by atoms with Gasteiger partial charge in [-0.25, -0.2) is 18.4 Å². The van der Waals surface area contributed by atoms with Gasteiger partial charge in [0, 0.05) is 85.0 Å². The molecule has 1 aliphatic heterocycles. The summed E-state index contributed by atoms with van der Waals surface area (Å²) in [5, 5.41) is 24.1. The Morgan fingerprint density at radius 3 is 1.13 bits per heavy atom. The van der Waals surface area contributed by atoms with E-state index in [1.807, 2.05) is 0 Å². The smallest absolute Gasteiger partial charge is 0.272 e. The summed E-state index contributed by atoms with van der Waals surface area (Å²) < 4.78 is 58.6. The minimum atomic E-state index is -3.38. The molecule has 0 spiro atoms. The third-order valence-electron chi connectivity index (χ3n) is 25.3. The Labute approximate surface area is 831 Å². The summed E-state index contributed by atoms with van der Waals surface area (Å²) >= 11 is 0. The van der Waals surface area contributed by atoms with E-state index in [9.17, 15) is 79.9 Å². The average Bonchev–Trinajstić information content (AvgIpc) is 1.62. The summed E-state index contributed by atoms with van der Waals surface area (Å²) in [5.74, 6) is -3.02. The van der Waals surface area contributed by atoms with Crippen molar-refractivity contribution in [3.63, 3.8) is 0 Å². The number of sulfone groups is 1. The average molecular weight is 2010 g/mol. The van der Waals surface area contributed by atoms with Gasteiger partial charge in [0.2, 0.25) is 35.5 Å². The first-order valence-electron chi connectivity index (χ1n) is 50.3. The Morgan fingerprint density at radius 2 is 0.796 bits per heavy atom. The summed E-state index contributed by atoms with van der Waals surface area (Å²) in [5.41, 5.74) is 33.3. The molecule has 0 radical (unpaired) electrons. The van der Waals surface area contributed by atoms with E-state index in [0.29, 0.717) is 108 Å². The van der Waals surface area contributed by atoms with Gasteiger partial charge in [0.1, 0.15) is 24.0 Å². The molecule has 5 aromatic rings. The molecule has 786 valence electrons. The number of hydrogen-bond acceptors (Lipinski definition) is 32. The number of ether oxygens (including phenoxy) is 2. The molecule has 0 saturated heterocycles. The van der Waals surface area contributed by atoms with Crippen LogP contribution in [0.2, 0.25) is 0 Å². The second-order valence-corrected chi connectivity index (χ2v) is 38.9. The predicted octanol–water partition coefficient (Wildman–Crippen LogP) is 6.79. The van der Waals surface area contributed by atoms with E-state index in [0.717, 1.165) is 192 Å². The number of pyridine rings is 2. The maximum absolute atomic E-state index is 13.6. The van der Waals surface area contributed by atoms with Crippen molar-refractivity contribution >= 4 is 86.3 Å². The van der Waals surface area contributed by atoms with Crippen LogP contribution in [0.3, 0.4) is 0 Å². The van der Waals surface area contributed by atoms with Gasteiger partial charge in [0.25, 0.3) is 28.8 Å². The fourth-order valence-corrected chi connectivity index (χ4v) is 17.8. The normalized spacial score (nSPS) is 16.0. The zero-order valence-electron chi connectivity index (χ0n) is 82.6. The zero-order chi connectivity index (χ0) is 103. The van der Waals surface area contributed by atoms with E-state index < -0.39 is 69.5 Å². The number of aliphatic imine (C=N–C) groups is 1. The third kappa shape index (κ3) is 46.2. The van der Waals surface area contributed by atoms with Crippen molar-refractivity contribution in [3.05, 3.63) is 142 Å². The number of hydrogen-bond donors (Lipinski definition) is 12. The van der Waals surface area contributed by atoms with Crippen LogP contribution in [0, 0.1) is 42.5 Å². The Balaban J connectivity index is 0.000000261. The maximum atomic E-state index is 13.6. The highest BCUT2D eigenvalue weighted by Crippen LogP contribution is 2.30. The molecule has 5 aromatic heterocycles. The van der Waals surface area contributed by atoms with Crippen LogP contribution < -0.4 is 86.9 Å². The summed E-state index contributed by atoms with van der Waals surface area (Å²) in [6, 6.07) is 6.89. The van der Waals surface area contributed by atoms with E-state index in [1.165, 1.54) is 70.6 Å². The van der Waals surface area contributed by atoms with E-state index >= 15 is 0 Å². The number of allylic oxidation sites excluding steroid dienone is 1. The van der Waals surface area contributed by atoms with Crippen LogP contribution in [0.15, 0.2) is 128 Å². The van der Waals surface area contributed by atoms with Crippen molar-refractivity contribution in [2.45, 2.75) is 300 Å². The van der Waals surface area contributed by atoms with Crippen LogP contribution >= 0.6 is 0 Å². The van der Waals surface area contributed by atoms with Gasteiger partial charge in [-0.05, 0) is 261 Å². The Bertz CT molecular complexity index is 4970. The minimum Gasteiger partial charge on any atom is -0.467 e. The molecule has 5 fully saturated rings. The van der Waals surface area contributed by atoms with Gasteiger partial charge in [0.05, 0.1) is 73.5 Å². The number of carbonyl (C=O) groups is 12. The predicted molar refractivity (Wildman–Crippen MR) is 533 cm³/mol. The van der Waals surface area contributed by atoms with Crippen LogP contribution in [0.25, 0.3) is 0 Å². The van der Waals surface area contributed by atoms with E-state index in [-0.39, 0.29) is 149 Å². The molecule has 5 aliphatic carbocycles. The number of carbonyl (C=O) groups excluding carboxylic acids is 12. The van der Waals surface area contributed by atoms with E-state index in [2.05, 4.69) is 72.8 Å². The first-order valence-corrected chi connectivity index (χ1v) is 52.3. The standard InChI is InChI=1S/C18H28N4O3.C18H28N4O2.C18H27N3O3.C16H19FN4O4.C16H25N3O4.C14H26N2O4S/c1-13-18(25)22(11-10-20-13)12-16(23)15(8-4-5-9-19)21-17(24)14-6-2-3-7-14;1-14-9-11-22(13-20-14)12-17(23)16(8-4-5-10-19)21-18(24)15-6-2-3-7-15;19-11-5-3-9-15(20-18(24)14-7-1-2-8-14)16(22)13-21-12-6-4-10-17(21)23;17-15-11(4-3-8-19-15)16(23)20-12(5-1-2-7-18)13(22)10-24-14-6-9-25-21-14;17-9-4-3-7-13(18-16(21)12-5-1-2-6-12)14(20)11-22-15-8-10-23-19-15;1-21(19,20)10-13(17)12(8-4-5-9-15)16-14(18)11-6-2-3-7-11/h10-11,14-15H,2-9,12,19H2,1H3,(H,21,24);9,11,13,15-16H,1-8,10,12,19H2,(H,21,24);4,6,10,12,14-15H,1-3,5,7-9,11,13,19H2,(H,20,24);3-4,6,8-9,12H,1-2,5,7,10,18H2,(H,20,23);8,10,12-13H,1-7,9,11,17H2,(H,18,21);11-12H,2-10,15H2,1H3,(H,16,18)/t15-;16-;15-;12-;13-;12-/m000000/s1. The number of halogens is 1. The number of unbranched alkanes of at least 4 members (excludes halogenated alkanes) is 6.